The van der Waals surface area contributed by atoms with Crippen molar-refractivity contribution in [3.05, 3.63) is 54.1 Å². The van der Waals surface area contributed by atoms with E-state index in [1.165, 1.54) is 51.0 Å². The van der Waals surface area contributed by atoms with Crippen molar-refractivity contribution >= 4 is 20.8 Å². The lowest BCUT2D eigenvalue weighted by molar-refractivity contribution is 0.348. The first-order valence-corrected chi connectivity index (χ1v) is 14.2. The van der Waals surface area contributed by atoms with Gasteiger partial charge < -0.3 is 4.18 Å². The maximum absolute atomic E-state index is 12.0. The molecule has 0 fully saturated rings. The van der Waals surface area contributed by atoms with Crippen LogP contribution in [0.15, 0.2) is 48.5 Å². The van der Waals surface area contributed by atoms with Gasteiger partial charge in [-0.2, -0.15) is 16.8 Å². The highest BCUT2D eigenvalue weighted by Crippen LogP contribution is 2.35. The first-order chi connectivity index (χ1) is 15.7. The first-order valence-electron chi connectivity index (χ1n) is 11.5. The van der Waals surface area contributed by atoms with Crippen LogP contribution in [0.3, 0.4) is 0 Å². The molecule has 0 bridgehead atoms. The van der Waals surface area contributed by atoms with E-state index in [2.05, 4.69) is 10.6 Å². The molecule has 0 saturated heterocycles. The molecule has 33 heavy (non-hydrogen) atoms. The average molecular weight is 499 g/mol. The SMILES string of the molecule is CCCCCCCCCCCCc1cccc(OS(=O)(=O)OS(=O)(=O)O)c1-c1ccccc1. The minimum absolute atomic E-state index is 0.0607. The fraction of sp³-hybridized carbons (Fsp3) is 0.500. The predicted molar refractivity (Wildman–Crippen MR) is 130 cm³/mol. The topological polar surface area (TPSA) is 107 Å². The number of rotatable bonds is 16. The standard InChI is InChI=1S/C24H34O7S2/c1-2-3-4-5-6-7-8-9-10-12-16-22-19-15-20-23(24(22)21-17-13-11-14-18-21)30-33(28,29)31-32(25,26)27/h11,13-15,17-20H,2-10,12,16H2,1H3,(H,25,26,27). The monoisotopic (exact) mass is 498 g/mol. The summed E-state index contributed by atoms with van der Waals surface area (Å²) < 4.78 is 63.0. The highest BCUT2D eigenvalue weighted by Gasteiger charge is 2.25. The second-order valence-electron chi connectivity index (χ2n) is 8.08. The highest BCUT2D eigenvalue weighted by molar-refractivity contribution is 7.95. The predicted octanol–water partition coefficient (Wildman–Crippen LogP) is 6.26. The number of hydrogen-bond donors (Lipinski definition) is 1. The van der Waals surface area contributed by atoms with Crippen molar-refractivity contribution in [1.29, 1.82) is 0 Å². The smallest absolute Gasteiger partial charge is 0.360 e. The van der Waals surface area contributed by atoms with Crippen LogP contribution in [0.2, 0.25) is 0 Å². The van der Waals surface area contributed by atoms with Gasteiger partial charge in [0.25, 0.3) is 0 Å². The molecule has 0 spiro atoms. The van der Waals surface area contributed by atoms with E-state index in [-0.39, 0.29) is 5.75 Å². The zero-order chi connectivity index (χ0) is 24.2. The lowest BCUT2D eigenvalue weighted by atomic mass is 9.94. The minimum atomic E-state index is -5.23. The number of aryl methyl sites for hydroxylation is 1. The van der Waals surface area contributed by atoms with Crippen molar-refractivity contribution in [2.45, 2.75) is 77.6 Å². The average Bonchev–Trinajstić information content (AvgIpc) is 2.74. The normalized spacial score (nSPS) is 12.1. The Labute approximate surface area is 198 Å². The van der Waals surface area contributed by atoms with Gasteiger partial charge in [-0.25, -0.2) is 0 Å². The second-order valence-corrected chi connectivity index (χ2v) is 10.5. The second kappa shape index (κ2) is 13.7. The van der Waals surface area contributed by atoms with Crippen molar-refractivity contribution in [2.75, 3.05) is 0 Å². The van der Waals surface area contributed by atoms with Gasteiger partial charge >= 0.3 is 20.8 Å². The Morgan fingerprint density at radius 2 is 1.30 bits per heavy atom. The molecule has 9 heteroatoms. The van der Waals surface area contributed by atoms with Crippen molar-refractivity contribution < 1.29 is 29.2 Å². The van der Waals surface area contributed by atoms with E-state index in [1.54, 1.807) is 6.07 Å². The summed E-state index contributed by atoms with van der Waals surface area (Å²) in [6.07, 6.45) is 12.8. The van der Waals surface area contributed by atoms with E-state index in [0.717, 1.165) is 36.8 Å². The minimum Gasteiger partial charge on any atom is -0.360 e. The van der Waals surface area contributed by atoms with Gasteiger partial charge in [0.2, 0.25) is 0 Å². The molecule has 0 radical (unpaired) electrons. The molecule has 0 aliphatic carbocycles. The van der Waals surface area contributed by atoms with Gasteiger partial charge in [0.15, 0.2) is 5.75 Å². The maximum Gasteiger partial charge on any atom is 0.465 e. The Morgan fingerprint density at radius 1 is 0.727 bits per heavy atom. The van der Waals surface area contributed by atoms with Crippen LogP contribution in [0.1, 0.15) is 76.7 Å². The zero-order valence-electron chi connectivity index (χ0n) is 19.1. The van der Waals surface area contributed by atoms with E-state index in [1.807, 2.05) is 36.4 Å². The maximum atomic E-state index is 12.0. The highest BCUT2D eigenvalue weighted by atomic mass is 32.3. The lowest BCUT2D eigenvalue weighted by Gasteiger charge is -2.15. The van der Waals surface area contributed by atoms with Gasteiger partial charge in [0, 0.05) is 5.56 Å². The molecule has 0 unspecified atom stereocenters. The van der Waals surface area contributed by atoms with Crippen LogP contribution in [0.4, 0.5) is 0 Å². The van der Waals surface area contributed by atoms with Crippen LogP contribution >= 0.6 is 0 Å². The van der Waals surface area contributed by atoms with E-state index in [0.29, 0.717) is 5.56 Å². The summed E-state index contributed by atoms with van der Waals surface area (Å²) in [6.45, 7) is 2.22. The summed E-state index contributed by atoms with van der Waals surface area (Å²) in [7, 11) is -10.3. The van der Waals surface area contributed by atoms with Gasteiger partial charge in [-0.1, -0.05) is 111 Å². The lowest BCUT2D eigenvalue weighted by Crippen LogP contribution is -2.18. The molecule has 0 amide bonds. The molecule has 1 N–H and O–H groups in total. The van der Waals surface area contributed by atoms with E-state index >= 15 is 0 Å². The summed E-state index contributed by atoms with van der Waals surface area (Å²) in [5.74, 6) is -0.0607. The van der Waals surface area contributed by atoms with Crippen molar-refractivity contribution in [3.63, 3.8) is 0 Å². The van der Waals surface area contributed by atoms with Crippen LogP contribution in [-0.4, -0.2) is 21.4 Å². The van der Waals surface area contributed by atoms with Crippen LogP contribution < -0.4 is 4.18 Å². The molecule has 0 aliphatic heterocycles. The van der Waals surface area contributed by atoms with E-state index in [9.17, 15) is 16.8 Å². The molecule has 0 aromatic heterocycles. The van der Waals surface area contributed by atoms with Gasteiger partial charge in [0.05, 0.1) is 0 Å². The molecule has 2 aromatic rings. The molecule has 0 aliphatic rings. The third kappa shape index (κ3) is 10.7. The number of benzene rings is 2. The van der Waals surface area contributed by atoms with Crippen molar-refractivity contribution in [3.8, 4) is 16.9 Å². The van der Waals surface area contributed by atoms with E-state index in [4.69, 9.17) is 8.74 Å². The molecule has 2 aromatic carbocycles. The Morgan fingerprint density at radius 3 is 1.88 bits per heavy atom. The van der Waals surface area contributed by atoms with Crippen LogP contribution in [0.5, 0.6) is 5.75 Å². The third-order valence-electron chi connectivity index (χ3n) is 5.34. The summed E-state index contributed by atoms with van der Waals surface area (Å²) >= 11 is 0. The van der Waals surface area contributed by atoms with E-state index < -0.39 is 20.8 Å². The quantitative estimate of drug-likeness (QED) is 0.215. The molecular weight excluding hydrogens is 464 g/mol. The zero-order valence-corrected chi connectivity index (χ0v) is 20.7. The molecule has 0 atom stereocenters. The molecular formula is C24H34O7S2. The van der Waals surface area contributed by atoms with Gasteiger partial charge in [-0.05, 0) is 30.0 Å². The largest absolute Gasteiger partial charge is 0.465 e. The molecule has 2 rings (SSSR count). The molecule has 0 heterocycles. The first kappa shape index (κ1) is 27.3. The van der Waals surface area contributed by atoms with Crippen molar-refractivity contribution in [1.82, 2.24) is 0 Å². The summed E-state index contributed by atoms with van der Waals surface area (Å²) in [6, 6.07) is 14.1. The number of hydrogen-bond acceptors (Lipinski definition) is 6. The summed E-state index contributed by atoms with van der Waals surface area (Å²) in [5.41, 5.74) is 2.18. The van der Waals surface area contributed by atoms with Gasteiger partial charge in [-0.15, -0.1) is 0 Å². The van der Waals surface area contributed by atoms with Crippen LogP contribution in [0, 0.1) is 0 Å². The Kier molecular flexibility index (Phi) is 11.3. The Hall–Kier alpha value is -1.94. The van der Waals surface area contributed by atoms with Gasteiger partial charge in [0.1, 0.15) is 0 Å². The fourth-order valence-electron chi connectivity index (χ4n) is 3.82. The van der Waals surface area contributed by atoms with Crippen molar-refractivity contribution in [2.24, 2.45) is 0 Å². The number of unbranched alkanes of at least 4 members (excludes halogenated alkanes) is 9. The fourth-order valence-corrected chi connectivity index (χ4v) is 5.13. The van der Waals surface area contributed by atoms with Crippen LogP contribution in [0.25, 0.3) is 11.1 Å². The molecule has 0 saturated carbocycles. The van der Waals surface area contributed by atoms with Crippen LogP contribution in [-0.2, 0) is 30.8 Å². The summed E-state index contributed by atoms with van der Waals surface area (Å²) in [5, 5.41) is 0. The third-order valence-corrected chi connectivity index (χ3v) is 7.07. The Bertz CT molecular complexity index is 1050. The molecule has 184 valence electrons. The summed E-state index contributed by atoms with van der Waals surface area (Å²) in [4.78, 5) is 0. The van der Waals surface area contributed by atoms with Gasteiger partial charge in [-0.3, -0.25) is 4.55 Å². The molecule has 7 nitrogen and oxygen atoms in total. The Balaban J connectivity index is 2.04.